The minimum Gasteiger partial charge on any atom is -0.352 e. The Labute approximate surface area is 91.5 Å². The molecule has 1 saturated heterocycles. The van der Waals surface area contributed by atoms with Gasteiger partial charge in [0.25, 0.3) is 0 Å². The highest BCUT2D eigenvalue weighted by Gasteiger charge is 2.23. The summed E-state index contributed by atoms with van der Waals surface area (Å²) in [5, 5.41) is 2.85. The highest BCUT2D eigenvalue weighted by atomic mass is 16.1. The molecule has 0 aromatic rings. The number of nitrogens with two attached hydrogens (primary N) is 1. The first-order valence-corrected chi connectivity index (χ1v) is 5.59. The Balaban J connectivity index is 2.24. The lowest BCUT2D eigenvalue weighted by atomic mass is 9.96. The average Bonchev–Trinajstić information content (AvgIpc) is 2.27. The largest absolute Gasteiger partial charge is 0.352 e. The van der Waals surface area contributed by atoms with E-state index in [-0.39, 0.29) is 11.8 Å². The van der Waals surface area contributed by atoms with Gasteiger partial charge in [0, 0.05) is 25.6 Å². The van der Waals surface area contributed by atoms with Crippen molar-refractivity contribution in [2.24, 2.45) is 11.7 Å². The summed E-state index contributed by atoms with van der Waals surface area (Å²) in [6.07, 6.45) is 3.60. The van der Waals surface area contributed by atoms with Gasteiger partial charge in [0.05, 0.1) is 0 Å². The maximum absolute atomic E-state index is 11.6. The lowest BCUT2D eigenvalue weighted by Gasteiger charge is -2.30. The average molecular weight is 211 g/mol. The van der Waals surface area contributed by atoms with Gasteiger partial charge in [-0.1, -0.05) is 6.08 Å². The van der Waals surface area contributed by atoms with E-state index >= 15 is 0 Å². The van der Waals surface area contributed by atoms with Crippen LogP contribution in [0, 0.1) is 5.92 Å². The third kappa shape index (κ3) is 4.01. The Morgan fingerprint density at radius 3 is 2.73 bits per heavy atom. The van der Waals surface area contributed by atoms with Gasteiger partial charge in [-0.05, 0) is 25.9 Å². The number of piperidine rings is 1. The van der Waals surface area contributed by atoms with Crippen molar-refractivity contribution in [3.63, 3.8) is 0 Å². The molecule has 0 spiro atoms. The molecule has 15 heavy (non-hydrogen) atoms. The number of carbonyl (C=O) groups is 1. The van der Waals surface area contributed by atoms with E-state index in [1.807, 2.05) is 0 Å². The van der Waals surface area contributed by atoms with Crippen LogP contribution in [0.4, 0.5) is 0 Å². The van der Waals surface area contributed by atoms with E-state index in [0.29, 0.717) is 13.1 Å². The van der Waals surface area contributed by atoms with Crippen LogP contribution in [0.3, 0.4) is 0 Å². The van der Waals surface area contributed by atoms with Crippen LogP contribution in [-0.2, 0) is 4.79 Å². The lowest BCUT2D eigenvalue weighted by Crippen LogP contribution is -2.42. The zero-order valence-electron chi connectivity index (χ0n) is 9.24. The van der Waals surface area contributed by atoms with E-state index < -0.39 is 0 Å². The maximum atomic E-state index is 11.6. The molecule has 86 valence electrons. The van der Waals surface area contributed by atoms with Crippen LogP contribution in [0.15, 0.2) is 12.7 Å². The molecule has 0 bridgehead atoms. The second-order valence-corrected chi connectivity index (χ2v) is 3.94. The number of likely N-dealkylation sites (tertiary alicyclic amines) is 1. The molecule has 1 rings (SSSR count). The smallest absolute Gasteiger partial charge is 0.223 e. The van der Waals surface area contributed by atoms with E-state index in [2.05, 4.69) is 16.8 Å². The van der Waals surface area contributed by atoms with Crippen LogP contribution < -0.4 is 11.1 Å². The van der Waals surface area contributed by atoms with Crippen molar-refractivity contribution in [1.82, 2.24) is 10.2 Å². The molecule has 3 N–H and O–H groups in total. The van der Waals surface area contributed by atoms with Gasteiger partial charge in [-0.25, -0.2) is 0 Å². The van der Waals surface area contributed by atoms with Gasteiger partial charge < -0.3 is 16.0 Å². The minimum absolute atomic E-state index is 0.169. The van der Waals surface area contributed by atoms with Gasteiger partial charge >= 0.3 is 0 Å². The number of nitrogens with one attached hydrogen (secondary N) is 1. The third-order valence-electron chi connectivity index (χ3n) is 2.82. The van der Waals surface area contributed by atoms with Crippen molar-refractivity contribution >= 4 is 5.91 Å². The summed E-state index contributed by atoms with van der Waals surface area (Å²) < 4.78 is 0. The van der Waals surface area contributed by atoms with Crippen molar-refractivity contribution in [1.29, 1.82) is 0 Å². The Morgan fingerprint density at radius 2 is 2.20 bits per heavy atom. The normalized spacial score (nSPS) is 18.7. The summed E-state index contributed by atoms with van der Waals surface area (Å²) in [5.41, 5.74) is 5.49. The number of rotatable bonds is 5. The number of hydrogen-bond donors (Lipinski definition) is 2. The topological polar surface area (TPSA) is 58.4 Å². The Morgan fingerprint density at radius 1 is 1.53 bits per heavy atom. The maximum Gasteiger partial charge on any atom is 0.223 e. The standard InChI is InChI=1S/C11H21N3O/c1-2-6-13-11(15)10-3-7-14(8-4-10)9-5-12/h2,10H,1,3-9,12H2,(H,13,15). The Kier molecular flexibility index (Phi) is 5.36. The monoisotopic (exact) mass is 211 g/mol. The first-order chi connectivity index (χ1) is 7.27. The second-order valence-electron chi connectivity index (χ2n) is 3.94. The van der Waals surface area contributed by atoms with Gasteiger partial charge in [0.15, 0.2) is 0 Å². The van der Waals surface area contributed by atoms with Crippen LogP contribution in [-0.4, -0.2) is 43.5 Å². The van der Waals surface area contributed by atoms with Crippen LogP contribution in [0.25, 0.3) is 0 Å². The van der Waals surface area contributed by atoms with Gasteiger partial charge in [-0.2, -0.15) is 0 Å². The van der Waals surface area contributed by atoms with Crippen molar-refractivity contribution in [3.8, 4) is 0 Å². The predicted molar refractivity (Wildman–Crippen MR) is 61.4 cm³/mol. The quantitative estimate of drug-likeness (QED) is 0.627. The SMILES string of the molecule is C=CCNC(=O)C1CCN(CCN)CC1. The zero-order valence-corrected chi connectivity index (χ0v) is 9.24. The molecule has 0 atom stereocenters. The van der Waals surface area contributed by atoms with E-state index in [9.17, 15) is 4.79 Å². The number of nitrogens with zero attached hydrogens (tertiary/aromatic N) is 1. The van der Waals surface area contributed by atoms with Crippen LogP contribution >= 0.6 is 0 Å². The molecule has 0 unspecified atom stereocenters. The van der Waals surface area contributed by atoms with E-state index in [1.54, 1.807) is 6.08 Å². The summed E-state index contributed by atoms with van der Waals surface area (Å²) >= 11 is 0. The third-order valence-corrected chi connectivity index (χ3v) is 2.82. The molecule has 0 aromatic carbocycles. The predicted octanol–water partition coefficient (Wildman–Crippen LogP) is -0.0407. The molecular weight excluding hydrogens is 190 g/mol. The summed E-state index contributed by atoms with van der Waals surface area (Å²) in [7, 11) is 0. The lowest BCUT2D eigenvalue weighted by molar-refractivity contribution is -0.126. The van der Waals surface area contributed by atoms with Crippen molar-refractivity contribution in [2.75, 3.05) is 32.7 Å². The van der Waals surface area contributed by atoms with E-state index in [1.165, 1.54) is 0 Å². The summed E-state index contributed by atoms with van der Waals surface area (Å²) in [6, 6.07) is 0. The van der Waals surface area contributed by atoms with Gasteiger partial charge in [-0.3, -0.25) is 4.79 Å². The number of carbonyl (C=O) groups excluding carboxylic acids is 1. The second kappa shape index (κ2) is 6.58. The fraction of sp³-hybridized carbons (Fsp3) is 0.727. The fourth-order valence-electron chi connectivity index (χ4n) is 1.92. The van der Waals surface area contributed by atoms with E-state index in [0.717, 1.165) is 32.5 Å². The first-order valence-electron chi connectivity index (χ1n) is 5.59. The van der Waals surface area contributed by atoms with Crippen molar-refractivity contribution in [2.45, 2.75) is 12.8 Å². The van der Waals surface area contributed by atoms with Crippen LogP contribution in [0.1, 0.15) is 12.8 Å². The molecule has 1 aliphatic heterocycles. The van der Waals surface area contributed by atoms with Gasteiger partial charge in [-0.15, -0.1) is 6.58 Å². The van der Waals surface area contributed by atoms with Crippen LogP contribution in [0.2, 0.25) is 0 Å². The number of hydrogen-bond acceptors (Lipinski definition) is 3. The Hall–Kier alpha value is -0.870. The van der Waals surface area contributed by atoms with Crippen molar-refractivity contribution in [3.05, 3.63) is 12.7 Å². The summed E-state index contributed by atoms with van der Waals surface area (Å²) in [4.78, 5) is 13.9. The molecule has 1 fully saturated rings. The highest BCUT2D eigenvalue weighted by Crippen LogP contribution is 2.16. The molecule has 4 nitrogen and oxygen atoms in total. The summed E-state index contributed by atoms with van der Waals surface area (Å²) in [5.74, 6) is 0.348. The minimum atomic E-state index is 0.169. The fourth-order valence-corrected chi connectivity index (χ4v) is 1.92. The molecule has 0 radical (unpaired) electrons. The highest BCUT2D eigenvalue weighted by molar-refractivity contribution is 5.78. The molecule has 1 heterocycles. The number of amides is 1. The van der Waals surface area contributed by atoms with E-state index in [4.69, 9.17) is 5.73 Å². The van der Waals surface area contributed by atoms with Crippen LogP contribution in [0.5, 0.6) is 0 Å². The molecule has 1 aliphatic rings. The van der Waals surface area contributed by atoms with Gasteiger partial charge in [0.1, 0.15) is 0 Å². The molecule has 4 heteroatoms. The van der Waals surface area contributed by atoms with Crippen molar-refractivity contribution < 1.29 is 4.79 Å². The zero-order chi connectivity index (χ0) is 11.1. The first kappa shape index (κ1) is 12.2. The molecule has 1 amide bonds. The molecule has 0 saturated carbocycles. The van der Waals surface area contributed by atoms with Gasteiger partial charge in [0.2, 0.25) is 5.91 Å². The summed E-state index contributed by atoms with van der Waals surface area (Å²) in [6.45, 7) is 7.77. The Bertz CT molecular complexity index is 210. The molecule has 0 aromatic heterocycles. The molecule has 0 aliphatic carbocycles. The molecular formula is C11H21N3O.